The van der Waals surface area contributed by atoms with Gasteiger partial charge in [-0.3, -0.25) is 9.59 Å². The number of nitrogens with one attached hydrogen (secondary N) is 2. The first-order chi connectivity index (χ1) is 17.0. The van der Waals surface area contributed by atoms with Crippen molar-refractivity contribution in [3.63, 3.8) is 0 Å². The molecule has 4 heterocycles. The van der Waals surface area contributed by atoms with Crippen LogP contribution >= 0.6 is 0 Å². The Hall–Kier alpha value is -3.71. The van der Waals surface area contributed by atoms with E-state index in [-0.39, 0.29) is 11.4 Å². The summed E-state index contributed by atoms with van der Waals surface area (Å²) in [6.07, 6.45) is 6.08. The zero-order valence-corrected chi connectivity index (χ0v) is 20.0. The van der Waals surface area contributed by atoms with Crippen molar-refractivity contribution in [3.05, 3.63) is 77.5 Å². The molecule has 2 fully saturated rings. The number of benzene rings is 1. The maximum absolute atomic E-state index is 13.4. The number of nitrogens with two attached hydrogens (primary N) is 1. The zero-order valence-electron chi connectivity index (χ0n) is 20.0. The first kappa shape index (κ1) is 23.1. The highest BCUT2D eigenvalue weighted by Gasteiger charge is 2.37. The molecular weight excluding hydrogens is 438 g/mol. The lowest BCUT2D eigenvalue weighted by Gasteiger charge is -2.39. The van der Waals surface area contributed by atoms with Crippen LogP contribution in [-0.2, 0) is 0 Å². The Morgan fingerprint density at radius 1 is 1.03 bits per heavy atom. The third-order valence-electron chi connectivity index (χ3n) is 7.32. The molecule has 0 unspecified atom stereocenters. The topological polar surface area (TPSA) is 104 Å². The molecule has 35 heavy (non-hydrogen) atoms. The Kier molecular flexibility index (Phi) is 6.26. The molecule has 5 rings (SSSR count). The first-order valence-corrected chi connectivity index (χ1v) is 12.2. The Balaban J connectivity index is 1.53. The maximum atomic E-state index is 13.4. The molecule has 7 nitrogen and oxygen atoms in total. The number of aromatic amines is 1. The predicted octanol–water partition coefficient (Wildman–Crippen LogP) is 4.12. The quantitative estimate of drug-likeness (QED) is 0.537. The average molecular weight is 470 g/mol. The van der Waals surface area contributed by atoms with E-state index >= 15 is 0 Å². The number of H-pyrrole nitrogens is 1. The van der Waals surface area contributed by atoms with E-state index in [9.17, 15) is 9.59 Å². The van der Waals surface area contributed by atoms with Crippen LogP contribution in [0.25, 0.3) is 22.3 Å². The van der Waals surface area contributed by atoms with Gasteiger partial charge in [0.2, 0.25) is 0 Å². The number of rotatable bonds is 3. The Labute approximate surface area is 205 Å². The van der Waals surface area contributed by atoms with Gasteiger partial charge in [-0.1, -0.05) is 36.4 Å². The second kappa shape index (κ2) is 9.50. The number of carbonyl (C=O) groups excluding carboxylic acids is 2. The van der Waals surface area contributed by atoms with E-state index in [0.717, 1.165) is 43.6 Å². The molecule has 0 bridgehead atoms. The van der Waals surface area contributed by atoms with Gasteiger partial charge >= 0.3 is 0 Å². The molecular formula is C28H31N5O2. The smallest absolute Gasteiger partial charge is 0.253 e. The molecule has 1 spiro atoms. The SMILES string of the molecule is Cc1ccc(C(=O)N2CCC3(CCCN3)CC2)cc[nH]c2c(C(N)=O)cc(-c3ccccc3)nc12. The van der Waals surface area contributed by atoms with Crippen LogP contribution in [0.15, 0.2) is 60.8 Å². The van der Waals surface area contributed by atoms with Crippen LogP contribution in [0.1, 0.15) is 52.0 Å². The van der Waals surface area contributed by atoms with E-state index in [1.807, 2.05) is 54.3 Å². The minimum absolute atomic E-state index is 0.0129. The van der Waals surface area contributed by atoms with Crippen molar-refractivity contribution in [1.82, 2.24) is 20.2 Å². The van der Waals surface area contributed by atoms with Gasteiger partial charge in [-0.25, -0.2) is 4.98 Å². The van der Waals surface area contributed by atoms with Crippen LogP contribution in [0.2, 0.25) is 0 Å². The summed E-state index contributed by atoms with van der Waals surface area (Å²) in [6.45, 7) is 4.50. The molecule has 2 amide bonds. The van der Waals surface area contributed by atoms with Crippen LogP contribution in [0, 0.1) is 6.92 Å². The van der Waals surface area contributed by atoms with Crippen LogP contribution in [0.3, 0.4) is 0 Å². The summed E-state index contributed by atoms with van der Waals surface area (Å²) in [5, 5.41) is 3.65. The van der Waals surface area contributed by atoms with Crippen LogP contribution in [0.4, 0.5) is 0 Å². The largest absolute Gasteiger partial charge is 0.366 e. The van der Waals surface area contributed by atoms with Gasteiger partial charge in [0.1, 0.15) is 0 Å². The van der Waals surface area contributed by atoms with E-state index < -0.39 is 5.91 Å². The van der Waals surface area contributed by atoms with Gasteiger partial charge in [-0.2, -0.15) is 0 Å². The van der Waals surface area contributed by atoms with Crippen molar-refractivity contribution >= 4 is 22.8 Å². The fraction of sp³-hybridized carbons (Fsp3) is 0.321. The van der Waals surface area contributed by atoms with Gasteiger partial charge in [0.05, 0.1) is 22.3 Å². The van der Waals surface area contributed by atoms with Gasteiger partial charge in [-0.05, 0) is 62.9 Å². The summed E-state index contributed by atoms with van der Waals surface area (Å²) in [7, 11) is 0. The van der Waals surface area contributed by atoms with E-state index in [1.54, 1.807) is 18.3 Å². The summed E-state index contributed by atoms with van der Waals surface area (Å²) in [4.78, 5) is 35.7. The van der Waals surface area contributed by atoms with Gasteiger partial charge in [0.15, 0.2) is 0 Å². The number of likely N-dealkylation sites (tertiary alicyclic amines) is 1. The molecule has 2 saturated heterocycles. The van der Waals surface area contributed by atoms with Gasteiger partial charge < -0.3 is 20.9 Å². The lowest BCUT2D eigenvalue weighted by atomic mass is 9.86. The lowest BCUT2D eigenvalue weighted by molar-refractivity contribution is 0.0657. The fourth-order valence-electron chi connectivity index (χ4n) is 5.25. The van der Waals surface area contributed by atoms with Crippen molar-refractivity contribution in [1.29, 1.82) is 0 Å². The molecule has 0 radical (unpaired) electrons. The van der Waals surface area contributed by atoms with Gasteiger partial charge in [0, 0.05) is 36.0 Å². The summed E-state index contributed by atoms with van der Waals surface area (Å²) >= 11 is 0. The molecule has 0 aliphatic carbocycles. The average Bonchev–Trinajstić information content (AvgIpc) is 3.35. The number of nitrogens with zero attached hydrogens (tertiary/aromatic N) is 2. The highest BCUT2D eigenvalue weighted by molar-refractivity contribution is 6.05. The number of piperidine rings is 1. The molecule has 180 valence electrons. The van der Waals surface area contributed by atoms with Crippen molar-refractivity contribution in [2.24, 2.45) is 5.73 Å². The molecule has 1 aromatic carbocycles. The number of amides is 2. The van der Waals surface area contributed by atoms with Crippen molar-refractivity contribution in [2.45, 2.75) is 38.1 Å². The standard InChI is InChI=1S/C28H31N5O2/c1-19-8-9-21(27(35)33-16-12-28(13-17-33)11-5-14-31-28)10-15-30-25-22(26(29)34)18-23(32-24(19)25)20-6-3-2-4-7-20/h2-4,6-10,15,18,30-31H,5,11-14,16-17H2,1H3,(H2,29,34). The van der Waals surface area contributed by atoms with Crippen LogP contribution in [0.5, 0.6) is 0 Å². The van der Waals surface area contributed by atoms with E-state index in [4.69, 9.17) is 10.7 Å². The Morgan fingerprint density at radius 2 is 1.80 bits per heavy atom. The Morgan fingerprint density at radius 3 is 2.49 bits per heavy atom. The van der Waals surface area contributed by atoms with E-state index in [0.29, 0.717) is 27.9 Å². The fourth-order valence-corrected chi connectivity index (χ4v) is 5.25. The lowest BCUT2D eigenvalue weighted by Crippen LogP contribution is -2.51. The number of carbonyl (C=O) groups is 2. The first-order valence-electron chi connectivity index (χ1n) is 12.2. The number of hydrogen-bond donors (Lipinski definition) is 3. The second-order valence-electron chi connectivity index (χ2n) is 9.56. The number of pyridine rings is 1. The number of aromatic nitrogens is 2. The summed E-state index contributed by atoms with van der Waals surface area (Å²) in [5.41, 5.74) is 10.5. The maximum Gasteiger partial charge on any atom is 0.253 e. The predicted molar refractivity (Wildman–Crippen MR) is 138 cm³/mol. The van der Waals surface area contributed by atoms with Crippen LogP contribution in [-0.4, -0.2) is 51.9 Å². The minimum Gasteiger partial charge on any atom is -0.366 e. The third kappa shape index (κ3) is 4.64. The molecule has 2 aliphatic rings. The molecule has 2 aromatic heterocycles. The summed E-state index contributed by atoms with van der Waals surface area (Å²) < 4.78 is 0. The van der Waals surface area contributed by atoms with Gasteiger partial charge in [0.25, 0.3) is 11.8 Å². The summed E-state index contributed by atoms with van der Waals surface area (Å²) in [5.74, 6) is -0.528. The number of aryl methyl sites for hydroxylation is 1. The number of primary amides is 1. The Bertz CT molecular complexity index is 1310. The summed E-state index contributed by atoms with van der Waals surface area (Å²) in [6, 6.07) is 16.9. The van der Waals surface area contributed by atoms with E-state index in [1.165, 1.54) is 12.8 Å². The molecule has 0 saturated carbocycles. The van der Waals surface area contributed by atoms with Gasteiger partial charge in [-0.15, -0.1) is 0 Å². The third-order valence-corrected chi connectivity index (χ3v) is 7.32. The number of fused-ring (bicyclic) bond motifs is 1. The monoisotopic (exact) mass is 469 g/mol. The minimum atomic E-state index is -0.541. The van der Waals surface area contributed by atoms with E-state index in [2.05, 4.69) is 10.3 Å². The highest BCUT2D eigenvalue weighted by atomic mass is 16.2. The number of hydrogen-bond acceptors (Lipinski definition) is 4. The molecule has 2 aliphatic heterocycles. The highest BCUT2D eigenvalue weighted by Crippen LogP contribution is 2.31. The second-order valence-corrected chi connectivity index (χ2v) is 9.56. The zero-order chi connectivity index (χ0) is 24.4. The van der Waals surface area contributed by atoms with Crippen molar-refractivity contribution < 1.29 is 9.59 Å². The molecule has 0 atom stereocenters. The normalized spacial score (nSPS) is 16.9. The van der Waals surface area contributed by atoms with Crippen LogP contribution < -0.4 is 11.1 Å². The molecule has 4 N–H and O–H groups in total. The molecule has 7 heteroatoms. The van der Waals surface area contributed by atoms with Crippen molar-refractivity contribution in [3.8, 4) is 11.3 Å². The van der Waals surface area contributed by atoms with Crippen molar-refractivity contribution in [2.75, 3.05) is 19.6 Å². The molecule has 3 aromatic rings.